The fourth-order valence-electron chi connectivity index (χ4n) is 1.31. The van der Waals surface area contributed by atoms with E-state index in [-0.39, 0.29) is 11.4 Å². The number of nitrogens with one attached hydrogen (secondary N) is 1. The fraction of sp³-hybridized carbons (Fsp3) is 0.364. The van der Waals surface area contributed by atoms with Gasteiger partial charge in [-0.05, 0) is 55.5 Å². The van der Waals surface area contributed by atoms with Crippen molar-refractivity contribution in [3.05, 3.63) is 22.0 Å². The van der Waals surface area contributed by atoms with Crippen LogP contribution in [0.15, 0.2) is 18.3 Å². The topological polar surface area (TPSA) is 68.5 Å². The molecule has 7 heteroatoms. The van der Waals surface area contributed by atoms with Crippen LogP contribution in [0.4, 0.5) is 4.79 Å². The van der Waals surface area contributed by atoms with Gasteiger partial charge >= 0.3 is 6.09 Å². The third-order valence-corrected chi connectivity index (χ3v) is 2.52. The Kier molecular flexibility index (Phi) is 3.42. The summed E-state index contributed by atoms with van der Waals surface area (Å²) in [7, 11) is 0. The molecule has 0 atom stereocenters. The minimum absolute atomic E-state index is 0.228. The van der Waals surface area contributed by atoms with Crippen LogP contribution in [0.25, 0.3) is 5.65 Å². The molecule has 96 valence electrons. The number of hydrogen-bond acceptors (Lipinski definition) is 4. The Labute approximate surface area is 118 Å². The molecule has 2 aromatic rings. The van der Waals surface area contributed by atoms with Gasteiger partial charge < -0.3 is 10.1 Å². The Morgan fingerprint density at radius 3 is 2.83 bits per heavy atom. The molecule has 0 fully saturated rings. The van der Waals surface area contributed by atoms with Gasteiger partial charge in [-0.25, -0.2) is 9.31 Å². The standard InChI is InChI=1S/C11H13IN4O2/c1-11(2,3)14-10(17)18-9-6-16-8(13-9)5-4-7(12)15-16/h4-6H,1-3H3,(H,14,17). The van der Waals surface area contributed by atoms with Crippen LogP contribution in [0.3, 0.4) is 0 Å². The molecule has 0 spiro atoms. The molecule has 0 unspecified atom stereocenters. The number of fused-ring (bicyclic) bond motifs is 1. The first kappa shape index (κ1) is 13.1. The summed E-state index contributed by atoms with van der Waals surface area (Å²) in [6, 6.07) is 3.64. The minimum atomic E-state index is -0.527. The first-order valence-corrected chi connectivity index (χ1v) is 6.43. The molecule has 0 aliphatic heterocycles. The number of imidazole rings is 1. The van der Waals surface area contributed by atoms with Crippen molar-refractivity contribution in [3.8, 4) is 5.88 Å². The van der Waals surface area contributed by atoms with Gasteiger partial charge in [0, 0.05) is 5.54 Å². The summed E-state index contributed by atoms with van der Waals surface area (Å²) in [4.78, 5) is 15.7. The molecule has 2 rings (SSSR count). The highest BCUT2D eigenvalue weighted by Gasteiger charge is 2.16. The molecule has 2 aromatic heterocycles. The summed E-state index contributed by atoms with van der Waals surface area (Å²) in [6.45, 7) is 5.63. The smallest absolute Gasteiger partial charge is 0.389 e. The molecule has 6 nitrogen and oxygen atoms in total. The van der Waals surface area contributed by atoms with Gasteiger partial charge in [0.1, 0.15) is 3.70 Å². The number of hydrogen-bond donors (Lipinski definition) is 1. The van der Waals surface area contributed by atoms with Crippen molar-refractivity contribution in [2.75, 3.05) is 0 Å². The van der Waals surface area contributed by atoms with E-state index in [1.165, 1.54) is 0 Å². The lowest BCUT2D eigenvalue weighted by atomic mass is 10.1. The summed E-state index contributed by atoms with van der Waals surface area (Å²) in [5, 5.41) is 6.90. The van der Waals surface area contributed by atoms with Crippen LogP contribution < -0.4 is 10.1 Å². The van der Waals surface area contributed by atoms with Gasteiger partial charge in [-0.2, -0.15) is 10.1 Å². The molecular weight excluding hydrogens is 347 g/mol. The Bertz CT molecular complexity index is 588. The van der Waals surface area contributed by atoms with Gasteiger partial charge in [-0.3, -0.25) is 0 Å². The number of carbonyl (C=O) groups is 1. The lowest BCUT2D eigenvalue weighted by Gasteiger charge is -2.19. The van der Waals surface area contributed by atoms with Crippen molar-refractivity contribution < 1.29 is 9.53 Å². The second-order valence-corrected chi connectivity index (χ2v) is 5.91. The van der Waals surface area contributed by atoms with E-state index in [0.29, 0.717) is 5.65 Å². The zero-order chi connectivity index (χ0) is 13.3. The number of amides is 1. The second-order valence-electron chi connectivity index (χ2n) is 4.80. The molecule has 0 saturated carbocycles. The van der Waals surface area contributed by atoms with Gasteiger partial charge in [0.15, 0.2) is 5.65 Å². The lowest BCUT2D eigenvalue weighted by Crippen LogP contribution is -2.42. The quantitative estimate of drug-likeness (QED) is 0.792. The van der Waals surface area contributed by atoms with Crippen molar-refractivity contribution >= 4 is 34.3 Å². The van der Waals surface area contributed by atoms with E-state index in [2.05, 4.69) is 38.0 Å². The first-order valence-electron chi connectivity index (χ1n) is 5.35. The van der Waals surface area contributed by atoms with Gasteiger partial charge in [-0.15, -0.1) is 0 Å². The maximum atomic E-state index is 11.6. The molecule has 2 heterocycles. The van der Waals surface area contributed by atoms with Crippen molar-refractivity contribution in [1.29, 1.82) is 0 Å². The molecule has 0 bridgehead atoms. The van der Waals surface area contributed by atoms with Gasteiger partial charge in [0.2, 0.25) is 5.88 Å². The van der Waals surface area contributed by atoms with Gasteiger partial charge in [0.05, 0.1) is 6.20 Å². The third kappa shape index (κ3) is 3.31. The summed E-state index contributed by atoms with van der Waals surface area (Å²) in [5.74, 6) is 0.228. The fourth-order valence-corrected chi connectivity index (χ4v) is 1.73. The number of aromatic nitrogens is 3. The summed E-state index contributed by atoms with van der Waals surface area (Å²) in [5.41, 5.74) is 0.290. The number of ether oxygens (including phenoxy) is 1. The zero-order valence-electron chi connectivity index (χ0n) is 10.3. The van der Waals surface area contributed by atoms with Crippen LogP contribution in [0.2, 0.25) is 0 Å². The second kappa shape index (κ2) is 4.71. The van der Waals surface area contributed by atoms with E-state index in [9.17, 15) is 4.79 Å². The molecule has 0 radical (unpaired) electrons. The van der Waals surface area contributed by atoms with E-state index in [4.69, 9.17) is 4.74 Å². The Morgan fingerprint density at radius 1 is 1.44 bits per heavy atom. The number of carbonyl (C=O) groups excluding carboxylic acids is 1. The normalized spacial score (nSPS) is 11.6. The maximum Gasteiger partial charge on any atom is 0.414 e. The lowest BCUT2D eigenvalue weighted by molar-refractivity contribution is 0.189. The monoisotopic (exact) mass is 360 g/mol. The number of rotatable bonds is 1. The molecule has 0 aliphatic carbocycles. The van der Waals surface area contributed by atoms with Crippen molar-refractivity contribution in [2.45, 2.75) is 26.3 Å². The minimum Gasteiger partial charge on any atom is -0.389 e. The van der Waals surface area contributed by atoms with E-state index in [1.54, 1.807) is 10.7 Å². The number of nitrogens with zero attached hydrogens (tertiary/aromatic N) is 3. The van der Waals surface area contributed by atoms with Gasteiger partial charge in [0.25, 0.3) is 0 Å². The van der Waals surface area contributed by atoms with Crippen LogP contribution in [0.1, 0.15) is 20.8 Å². The zero-order valence-corrected chi connectivity index (χ0v) is 12.4. The van der Waals surface area contributed by atoms with E-state index >= 15 is 0 Å². The maximum absolute atomic E-state index is 11.6. The van der Waals surface area contributed by atoms with E-state index in [1.807, 2.05) is 32.9 Å². The SMILES string of the molecule is CC(C)(C)NC(=O)Oc1cn2nc(I)ccc2n1. The Morgan fingerprint density at radius 2 is 2.17 bits per heavy atom. The average Bonchev–Trinajstić information content (AvgIpc) is 2.55. The molecule has 0 aromatic carbocycles. The average molecular weight is 360 g/mol. The van der Waals surface area contributed by atoms with Crippen LogP contribution >= 0.6 is 22.6 Å². The van der Waals surface area contributed by atoms with Crippen LogP contribution in [-0.4, -0.2) is 26.2 Å². The predicted octanol–water partition coefficient (Wildman–Crippen LogP) is 2.22. The predicted molar refractivity (Wildman–Crippen MR) is 74.6 cm³/mol. The van der Waals surface area contributed by atoms with Crippen LogP contribution in [0, 0.1) is 3.70 Å². The van der Waals surface area contributed by atoms with E-state index < -0.39 is 6.09 Å². The first-order chi connectivity index (χ1) is 8.33. The highest BCUT2D eigenvalue weighted by molar-refractivity contribution is 14.1. The Hall–Kier alpha value is -1.38. The van der Waals surface area contributed by atoms with E-state index in [0.717, 1.165) is 3.70 Å². The van der Waals surface area contributed by atoms with Crippen molar-refractivity contribution in [3.63, 3.8) is 0 Å². The summed E-state index contributed by atoms with van der Waals surface area (Å²) >= 11 is 2.10. The van der Waals surface area contributed by atoms with Crippen LogP contribution in [-0.2, 0) is 0 Å². The molecule has 1 N–H and O–H groups in total. The summed E-state index contributed by atoms with van der Waals surface area (Å²) in [6.07, 6.45) is 1.04. The summed E-state index contributed by atoms with van der Waals surface area (Å²) < 4.78 is 7.50. The largest absolute Gasteiger partial charge is 0.414 e. The molecular formula is C11H13IN4O2. The van der Waals surface area contributed by atoms with Crippen LogP contribution in [0.5, 0.6) is 5.88 Å². The highest BCUT2D eigenvalue weighted by Crippen LogP contribution is 2.12. The molecule has 1 amide bonds. The molecule has 0 saturated heterocycles. The Balaban J connectivity index is 2.15. The third-order valence-electron chi connectivity index (χ3n) is 1.94. The molecule has 0 aliphatic rings. The van der Waals surface area contributed by atoms with Crippen molar-refractivity contribution in [1.82, 2.24) is 19.9 Å². The van der Waals surface area contributed by atoms with Gasteiger partial charge in [-0.1, -0.05) is 0 Å². The van der Waals surface area contributed by atoms with Crippen molar-refractivity contribution in [2.24, 2.45) is 0 Å². The number of halogens is 1. The highest BCUT2D eigenvalue weighted by atomic mass is 127. The molecule has 18 heavy (non-hydrogen) atoms.